The average molecular weight is 553 g/mol. The summed E-state index contributed by atoms with van der Waals surface area (Å²) in [6.07, 6.45) is -1.27. The first-order valence-corrected chi connectivity index (χ1v) is 12.6. The molecule has 0 unspecified atom stereocenters. The summed E-state index contributed by atoms with van der Waals surface area (Å²) in [5, 5.41) is 3.81. The van der Waals surface area contributed by atoms with Crippen LogP contribution >= 0.6 is 0 Å². The predicted octanol–water partition coefficient (Wildman–Crippen LogP) is 5.29. The zero-order valence-corrected chi connectivity index (χ0v) is 23.2. The Hall–Kier alpha value is -4.41. The molecule has 2 heterocycles. The lowest BCUT2D eigenvalue weighted by molar-refractivity contribution is -0.127. The van der Waals surface area contributed by atoms with Crippen LogP contribution in [0, 0.1) is 12.7 Å². The fourth-order valence-corrected chi connectivity index (χ4v) is 4.45. The van der Waals surface area contributed by atoms with E-state index in [1.807, 2.05) is 30.1 Å². The fraction of sp³-hybridized carbons (Fsp3) is 0.310. The Bertz CT molecular complexity index is 1640. The molecule has 0 spiro atoms. The van der Waals surface area contributed by atoms with E-state index in [4.69, 9.17) is 0 Å². The topological polar surface area (TPSA) is 83.4 Å². The van der Waals surface area contributed by atoms with Gasteiger partial charge in [0.2, 0.25) is 5.91 Å². The lowest BCUT2D eigenvalue weighted by atomic mass is 10.0. The van der Waals surface area contributed by atoms with E-state index in [2.05, 4.69) is 15.3 Å². The van der Waals surface area contributed by atoms with Gasteiger partial charge in [-0.3, -0.25) is 9.59 Å². The van der Waals surface area contributed by atoms with Crippen LogP contribution in [0.5, 0.6) is 0 Å². The number of likely N-dealkylation sites (N-methyl/N-ethyl adjacent to an activating group) is 1. The Labute approximate surface area is 230 Å². The number of alkyl halides is 2. The molecule has 1 N–H and O–H groups in total. The minimum atomic E-state index is -2.92. The van der Waals surface area contributed by atoms with E-state index >= 15 is 0 Å². The molecule has 0 bridgehead atoms. The number of carbonyl (C=O) groups is 1. The van der Waals surface area contributed by atoms with E-state index in [1.54, 1.807) is 47.3 Å². The number of anilines is 3. The molecular formula is C29H31F3N6O2. The number of hydrogen-bond donors (Lipinski definition) is 1. The van der Waals surface area contributed by atoms with Crippen molar-refractivity contribution < 1.29 is 18.0 Å². The molecule has 0 saturated heterocycles. The van der Waals surface area contributed by atoms with Crippen LogP contribution < -0.4 is 15.8 Å². The highest BCUT2D eigenvalue weighted by atomic mass is 19.3. The minimum absolute atomic E-state index is 0.0263. The number of rotatable bonds is 8. The van der Waals surface area contributed by atoms with Gasteiger partial charge in [-0.25, -0.2) is 23.1 Å². The summed E-state index contributed by atoms with van der Waals surface area (Å²) in [7, 11) is 6.73. The molecule has 2 aromatic heterocycles. The summed E-state index contributed by atoms with van der Waals surface area (Å²) in [5.41, 5.74) is 1.63. The first-order valence-electron chi connectivity index (χ1n) is 12.6. The molecular weight excluding hydrogens is 521 g/mol. The first kappa shape index (κ1) is 28.6. The highest BCUT2D eigenvalue weighted by Crippen LogP contribution is 2.33. The second-order valence-corrected chi connectivity index (χ2v) is 9.90. The van der Waals surface area contributed by atoms with Crippen molar-refractivity contribution in [1.82, 2.24) is 19.4 Å². The number of amides is 1. The molecule has 0 radical (unpaired) electrons. The van der Waals surface area contributed by atoms with Gasteiger partial charge in [-0.05, 0) is 38.1 Å². The van der Waals surface area contributed by atoms with Crippen molar-refractivity contribution in [2.45, 2.75) is 32.7 Å². The van der Waals surface area contributed by atoms with E-state index in [0.29, 0.717) is 33.8 Å². The maximum Gasteiger partial charge on any atom is 0.266 e. The fourth-order valence-electron chi connectivity index (χ4n) is 4.45. The number of hydrogen-bond acceptors (Lipinski definition) is 6. The lowest BCUT2D eigenvalue weighted by Gasteiger charge is -2.23. The molecule has 0 saturated carbocycles. The molecule has 11 heteroatoms. The van der Waals surface area contributed by atoms with Gasteiger partial charge in [0.05, 0.1) is 29.2 Å². The van der Waals surface area contributed by atoms with Gasteiger partial charge in [0, 0.05) is 56.6 Å². The van der Waals surface area contributed by atoms with Crippen LogP contribution in [0.1, 0.15) is 41.9 Å². The van der Waals surface area contributed by atoms with E-state index in [0.717, 1.165) is 11.8 Å². The number of pyridine rings is 1. The minimum Gasteiger partial charge on any atom is -0.363 e. The van der Waals surface area contributed by atoms with Crippen LogP contribution in [0.4, 0.5) is 30.4 Å². The van der Waals surface area contributed by atoms with Gasteiger partial charge >= 0.3 is 0 Å². The number of halogens is 3. The van der Waals surface area contributed by atoms with Crippen LogP contribution in [0.3, 0.4) is 0 Å². The third kappa shape index (κ3) is 5.78. The average Bonchev–Trinajstić information content (AvgIpc) is 2.90. The lowest BCUT2D eigenvalue weighted by Crippen LogP contribution is -2.29. The van der Waals surface area contributed by atoms with Gasteiger partial charge in [0.15, 0.2) is 0 Å². The SMILES string of the molecule is Cc1nc(N[C@H](C)c2cccc(C(F)F)c2F)c2cc(N(C)c3cc(CC(=O)N(C)C)c(=O)n(C)c3)ccc2n1. The number of nitrogens with zero attached hydrogens (tertiary/aromatic N) is 5. The third-order valence-electron chi connectivity index (χ3n) is 6.76. The maximum absolute atomic E-state index is 14.8. The van der Waals surface area contributed by atoms with Crippen LogP contribution in [0.15, 0.2) is 53.5 Å². The Morgan fingerprint density at radius 3 is 2.42 bits per heavy atom. The zero-order valence-electron chi connectivity index (χ0n) is 23.2. The predicted molar refractivity (Wildman–Crippen MR) is 150 cm³/mol. The standard InChI is InChI=1S/C29H31F3N6O2/c1-16(21-8-7-9-22(26(21)30)27(31)32)33-28-23-14-19(10-11-24(23)34-17(2)35-28)38(6)20-12-18(13-25(39)36(3)4)29(40)37(5)15-20/h7-12,14-16,27H,13H2,1-6H3,(H,33,34,35)/t16-/m1/s1. The molecule has 0 fully saturated rings. The van der Waals surface area contributed by atoms with Crippen molar-refractivity contribution in [1.29, 1.82) is 0 Å². The summed E-state index contributed by atoms with van der Waals surface area (Å²) in [4.78, 5) is 37.3. The monoisotopic (exact) mass is 552 g/mol. The normalized spacial score (nSPS) is 12.1. The summed E-state index contributed by atoms with van der Waals surface area (Å²) < 4.78 is 42.8. The summed E-state index contributed by atoms with van der Waals surface area (Å²) >= 11 is 0. The van der Waals surface area contributed by atoms with E-state index < -0.39 is 23.8 Å². The first-order chi connectivity index (χ1) is 18.9. The Morgan fingerprint density at radius 1 is 1.05 bits per heavy atom. The molecule has 210 valence electrons. The summed E-state index contributed by atoms with van der Waals surface area (Å²) in [6.45, 7) is 3.41. The Morgan fingerprint density at radius 2 is 1.75 bits per heavy atom. The molecule has 1 atom stereocenters. The number of nitrogens with one attached hydrogen (secondary N) is 1. The van der Waals surface area contributed by atoms with Gasteiger partial charge in [-0.2, -0.15) is 0 Å². The van der Waals surface area contributed by atoms with Crippen LogP contribution in [-0.4, -0.2) is 46.5 Å². The van der Waals surface area contributed by atoms with E-state index in [1.165, 1.54) is 21.6 Å². The quantitative estimate of drug-likeness (QED) is 0.320. The number of fused-ring (bicyclic) bond motifs is 1. The van der Waals surface area contributed by atoms with Gasteiger partial charge in [-0.15, -0.1) is 0 Å². The molecule has 1 amide bonds. The number of benzene rings is 2. The number of aromatic nitrogens is 3. The molecule has 4 rings (SSSR count). The van der Waals surface area contributed by atoms with Gasteiger partial charge in [0.25, 0.3) is 12.0 Å². The van der Waals surface area contributed by atoms with Crippen molar-refractivity contribution in [3.05, 3.63) is 87.3 Å². The molecule has 40 heavy (non-hydrogen) atoms. The van der Waals surface area contributed by atoms with Gasteiger partial charge in [-0.1, -0.05) is 18.2 Å². The molecule has 0 aliphatic rings. The van der Waals surface area contributed by atoms with Gasteiger partial charge < -0.3 is 19.7 Å². The second-order valence-electron chi connectivity index (χ2n) is 9.90. The second kappa shape index (κ2) is 11.4. The Balaban J connectivity index is 1.72. The highest BCUT2D eigenvalue weighted by molar-refractivity contribution is 5.92. The van der Waals surface area contributed by atoms with Crippen molar-refractivity contribution in [2.75, 3.05) is 31.4 Å². The number of carbonyl (C=O) groups excluding carboxylic acids is 1. The highest BCUT2D eigenvalue weighted by Gasteiger charge is 2.21. The maximum atomic E-state index is 14.8. The largest absolute Gasteiger partial charge is 0.363 e. The van der Waals surface area contributed by atoms with Crippen LogP contribution in [0.2, 0.25) is 0 Å². The molecule has 8 nitrogen and oxygen atoms in total. The van der Waals surface area contributed by atoms with Crippen LogP contribution in [-0.2, 0) is 18.3 Å². The number of aryl methyl sites for hydroxylation is 2. The van der Waals surface area contributed by atoms with Crippen molar-refractivity contribution in [2.24, 2.45) is 7.05 Å². The summed E-state index contributed by atoms with van der Waals surface area (Å²) in [5.74, 6) is -0.232. The smallest absolute Gasteiger partial charge is 0.266 e. The van der Waals surface area contributed by atoms with Crippen molar-refractivity contribution in [3.63, 3.8) is 0 Å². The molecule has 0 aliphatic heterocycles. The molecule has 2 aromatic carbocycles. The molecule has 4 aromatic rings. The summed E-state index contributed by atoms with van der Waals surface area (Å²) in [6, 6.07) is 10.5. The molecule has 0 aliphatic carbocycles. The van der Waals surface area contributed by atoms with Crippen molar-refractivity contribution in [3.8, 4) is 0 Å². The zero-order chi connectivity index (χ0) is 29.3. The van der Waals surface area contributed by atoms with Gasteiger partial charge in [0.1, 0.15) is 17.5 Å². The Kier molecular flexibility index (Phi) is 8.13. The van der Waals surface area contributed by atoms with Crippen LogP contribution in [0.25, 0.3) is 10.9 Å². The van der Waals surface area contributed by atoms with Crippen molar-refractivity contribution >= 4 is 34.0 Å². The third-order valence-corrected chi connectivity index (χ3v) is 6.76. The van der Waals surface area contributed by atoms with E-state index in [9.17, 15) is 22.8 Å². The van der Waals surface area contributed by atoms with E-state index in [-0.39, 0.29) is 23.5 Å².